The molecule has 1 saturated heterocycles. The molecule has 1 amide bonds. The largest absolute Gasteiger partial charge is 0.358 e. The number of nitrogens with zero attached hydrogens (tertiary/aromatic N) is 1. The molecule has 25 heavy (non-hydrogen) atoms. The summed E-state index contributed by atoms with van der Waals surface area (Å²) in [7, 11) is 0. The maximum atomic E-state index is 13.6. The summed E-state index contributed by atoms with van der Waals surface area (Å²) < 4.78 is 27.2. The quantitative estimate of drug-likeness (QED) is 0.817. The minimum Gasteiger partial charge on any atom is -0.358 e. The number of hydrogen-bond donors (Lipinski definition) is 2. The lowest BCUT2D eigenvalue weighted by Crippen LogP contribution is -2.29. The Morgan fingerprint density at radius 1 is 1.16 bits per heavy atom. The predicted octanol–water partition coefficient (Wildman–Crippen LogP) is 3.58. The number of thiocarbonyl (C=S) groups is 1. The van der Waals surface area contributed by atoms with Gasteiger partial charge in [-0.25, -0.2) is 8.78 Å². The Labute approximate surface area is 149 Å². The summed E-state index contributed by atoms with van der Waals surface area (Å²) in [5.41, 5.74) is 1.48. The van der Waals surface area contributed by atoms with E-state index in [-0.39, 0.29) is 16.7 Å². The van der Waals surface area contributed by atoms with Gasteiger partial charge in [0.05, 0.1) is 0 Å². The van der Waals surface area contributed by atoms with Gasteiger partial charge in [0.25, 0.3) is 0 Å². The van der Waals surface area contributed by atoms with Crippen LogP contribution in [0.25, 0.3) is 0 Å². The van der Waals surface area contributed by atoms with Gasteiger partial charge >= 0.3 is 0 Å². The van der Waals surface area contributed by atoms with E-state index in [9.17, 15) is 13.6 Å². The fourth-order valence-electron chi connectivity index (χ4n) is 2.71. The number of halogens is 2. The van der Waals surface area contributed by atoms with Crippen molar-refractivity contribution in [2.45, 2.75) is 19.4 Å². The third-order valence-corrected chi connectivity index (χ3v) is 4.20. The average Bonchev–Trinajstić information content (AvgIpc) is 3.03. The molecule has 7 heteroatoms. The summed E-state index contributed by atoms with van der Waals surface area (Å²) in [5, 5.41) is 5.56. The number of nitrogens with one attached hydrogen (secondary N) is 2. The Balaban J connectivity index is 1.62. The number of benzene rings is 2. The first-order chi connectivity index (χ1) is 12.0. The van der Waals surface area contributed by atoms with Gasteiger partial charge in [-0.1, -0.05) is 18.2 Å². The number of anilines is 2. The van der Waals surface area contributed by atoms with Crippen LogP contribution in [0.3, 0.4) is 0 Å². The van der Waals surface area contributed by atoms with Crippen molar-refractivity contribution in [3.05, 3.63) is 59.7 Å². The molecule has 2 aromatic rings. The van der Waals surface area contributed by atoms with Gasteiger partial charge in [0.2, 0.25) is 5.91 Å². The lowest BCUT2D eigenvalue weighted by atomic mass is 10.2. The van der Waals surface area contributed by atoms with Gasteiger partial charge in [0.1, 0.15) is 17.3 Å². The van der Waals surface area contributed by atoms with E-state index in [0.29, 0.717) is 13.0 Å². The number of carbonyl (C=O) groups excluding carboxylic acids is 1. The maximum Gasteiger partial charge on any atom is 0.227 e. The van der Waals surface area contributed by atoms with Gasteiger partial charge in [-0.3, -0.25) is 4.79 Å². The summed E-state index contributed by atoms with van der Waals surface area (Å²) in [6.45, 7) is 1.10. The second-order valence-corrected chi connectivity index (χ2v) is 6.13. The van der Waals surface area contributed by atoms with Crippen molar-refractivity contribution in [2.24, 2.45) is 0 Å². The Morgan fingerprint density at radius 2 is 1.88 bits per heavy atom. The van der Waals surface area contributed by atoms with Crippen molar-refractivity contribution in [1.29, 1.82) is 0 Å². The van der Waals surface area contributed by atoms with Crippen LogP contribution in [0.2, 0.25) is 0 Å². The van der Waals surface area contributed by atoms with Crippen molar-refractivity contribution in [3.63, 3.8) is 0 Å². The van der Waals surface area contributed by atoms with Crippen molar-refractivity contribution >= 4 is 34.6 Å². The van der Waals surface area contributed by atoms with Crippen LogP contribution in [0.1, 0.15) is 18.4 Å². The van der Waals surface area contributed by atoms with Crippen LogP contribution < -0.4 is 15.5 Å². The fourth-order valence-corrected chi connectivity index (χ4v) is 2.89. The van der Waals surface area contributed by atoms with Crippen LogP contribution in [-0.2, 0) is 11.3 Å². The van der Waals surface area contributed by atoms with E-state index in [1.54, 1.807) is 4.90 Å². The normalized spacial score (nSPS) is 13.8. The van der Waals surface area contributed by atoms with Gasteiger partial charge in [-0.05, 0) is 48.5 Å². The number of para-hydroxylation sites is 1. The highest BCUT2D eigenvalue weighted by Crippen LogP contribution is 2.22. The molecule has 2 aromatic carbocycles. The molecule has 0 unspecified atom stereocenters. The zero-order valence-electron chi connectivity index (χ0n) is 13.4. The van der Waals surface area contributed by atoms with Crippen LogP contribution in [0.15, 0.2) is 42.5 Å². The van der Waals surface area contributed by atoms with Gasteiger partial charge in [-0.2, -0.15) is 0 Å². The standard InChI is InChI=1S/C18H17F2N3OS/c19-14-6-2-7-15(20)17(14)22-18(25)21-11-12-4-1-5-13(10-12)23-9-3-8-16(23)24/h1-2,4-7,10H,3,8-9,11H2,(H2,21,22,25). The molecule has 0 bridgehead atoms. The summed E-state index contributed by atoms with van der Waals surface area (Å²) in [6, 6.07) is 11.2. The molecule has 2 N–H and O–H groups in total. The first-order valence-electron chi connectivity index (χ1n) is 7.93. The summed E-state index contributed by atoms with van der Waals surface area (Å²) >= 11 is 5.09. The third kappa shape index (κ3) is 4.11. The highest BCUT2D eigenvalue weighted by molar-refractivity contribution is 7.80. The molecule has 0 aliphatic carbocycles. The molecule has 1 aliphatic heterocycles. The second kappa shape index (κ2) is 7.57. The number of amides is 1. The van der Waals surface area contributed by atoms with E-state index in [4.69, 9.17) is 12.2 Å². The maximum absolute atomic E-state index is 13.6. The van der Waals surface area contributed by atoms with Crippen molar-refractivity contribution in [1.82, 2.24) is 5.32 Å². The Kier molecular flexibility index (Phi) is 5.23. The zero-order valence-corrected chi connectivity index (χ0v) is 14.2. The number of carbonyl (C=O) groups is 1. The van der Waals surface area contributed by atoms with Gasteiger partial charge in [0, 0.05) is 25.2 Å². The van der Waals surface area contributed by atoms with E-state index >= 15 is 0 Å². The van der Waals surface area contributed by atoms with Gasteiger partial charge in [-0.15, -0.1) is 0 Å². The monoisotopic (exact) mass is 361 g/mol. The molecule has 1 aliphatic rings. The van der Waals surface area contributed by atoms with Crippen LogP contribution >= 0.6 is 12.2 Å². The Morgan fingerprint density at radius 3 is 2.56 bits per heavy atom. The minimum atomic E-state index is -0.710. The van der Waals surface area contributed by atoms with Crippen LogP contribution in [0.4, 0.5) is 20.2 Å². The lowest BCUT2D eigenvalue weighted by molar-refractivity contribution is -0.117. The molecule has 0 saturated carbocycles. The van der Waals surface area contributed by atoms with E-state index in [2.05, 4.69) is 10.6 Å². The molecule has 0 spiro atoms. The third-order valence-electron chi connectivity index (χ3n) is 3.95. The van der Waals surface area contributed by atoms with E-state index in [1.807, 2.05) is 24.3 Å². The highest BCUT2D eigenvalue weighted by Gasteiger charge is 2.21. The smallest absolute Gasteiger partial charge is 0.227 e. The summed E-state index contributed by atoms with van der Waals surface area (Å²) in [4.78, 5) is 13.6. The topological polar surface area (TPSA) is 44.4 Å². The summed E-state index contributed by atoms with van der Waals surface area (Å²) in [6.07, 6.45) is 1.44. The van der Waals surface area contributed by atoms with E-state index in [0.717, 1.165) is 36.3 Å². The van der Waals surface area contributed by atoms with Gasteiger partial charge in [0.15, 0.2) is 5.11 Å². The Hall–Kier alpha value is -2.54. The van der Waals surface area contributed by atoms with E-state index < -0.39 is 11.6 Å². The van der Waals surface area contributed by atoms with Crippen LogP contribution in [0.5, 0.6) is 0 Å². The number of rotatable bonds is 4. The molecule has 1 fully saturated rings. The van der Waals surface area contributed by atoms with Crippen molar-refractivity contribution in [3.8, 4) is 0 Å². The first kappa shape index (κ1) is 17.3. The molecule has 130 valence electrons. The molecule has 3 rings (SSSR count). The molecule has 4 nitrogen and oxygen atoms in total. The lowest BCUT2D eigenvalue weighted by Gasteiger charge is -2.17. The highest BCUT2D eigenvalue weighted by atomic mass is 32.1. The SMILES string of the molecule is O=C1CCCN1c1cccc(CNC(=S)Nc2c(F)cccc2F)c1. The zero-order chi connectivity index (χ0) is 17.8. The molecule has 0 radical (unpaired) electrons. The van der Waals surface area contributed by atoms with E-state index in [1.165, 1.54) is 6.07 Å². The first-order valence-corrected chi connectivity index (χ1v) is 8.33. The van der Waals surface area contributed by atoms with Crippen molar-refractivity contribution < 1.29 is 13.6 Å². The average molecular weight is 361 g/mol. The number of hydrogen-bond acceptors (Lipinski definition) is 2. The second-order valence-electron chi connectivity index (χ2n) is 5.72. The predicted molar refractivity (Wildman–Crippen MR) is 97.4 cm³/mol. The molecule has 1 heterocycles. The van der Waals surface area contributed by atoms with Crippen LogP contribution in [0, 0.1) is 11.6 Å². The summed E-state index contributed by atoms with van der Waals surface area (Å²) in [5.74, 6) is -1.30. The molecule has 0 atom stereocenters. The molecule has 0 aromatic heterocycles. The fraction of sp³-hybridized carbons (Fsp3) is 0.222. The Bertz CT molecular complexity index is 792. The van der Waals surface area contributed by atoms with Crippen LogP contribution in [-0.4, -0.2) is 17.6 Å². The molecular weight excluding hydrogens is 344 g/mol. The molecular formula is C18H17F2N3OS. The van der Waals surface area contributed by atoms with Crippen molar-refractivity contribution in [2.75, 3.05) is 16.8 Å². The van der Waals surface area contributed by atoms with Gasteiger partial charge < -0.3 is 15.5 Å². The minimum absolute atomic E-state index is 0.117.